The van der Waals surface area contributed by atoms with E-state index in [1.807, 2.05) is 12.1 Å². The highest BCUT2D eigenvalue weighted by atomic mass is 35.5. The Morgan fingerprint density at radius 2 is 1.87 bits per heavy atom. The lowest BCUT2D eigenvalue weighted by Crippen LogP contribution is -2.26. The van der Waals surface area contributed by atoms with Crippen LogP contribution < -0.4 is 14.2 Å². The summed E-state index contributed by atoms with van der Waals surface area (Å²) < 4.78 is 37.4. The monoisotopic (exact) mass is 355 g/mol. The van der Waals surface area contributed by atoms with Gasteiger partial charge in [0.1, 0.15) is 11.5 Å². The number of nitrogens with one attached hydrogen (secondary N) is 1. The first-order valence-corrected chi connectivity index (χ1v) is 8.78. The molecular formula is C16H18ClNO4S. The normalized spacial score (nSPS) is 11.3. The maximum absolute atomic E-state index is 12.2. The molecule has 0 spiro atoms. The summed E-state index contributed by atoms with van der Waals surface area (Å²) in [7, 11) is -0.444. The lowest BCUT2D eigenvalue weighted by atomic mass is 10.1. The van der Waals surface area contributed by atoms with Crippen molar-refractivity contribution in [3.63, 3.8) is 0 Å². The molecule has 2 rings (SSSR count). The van der Waals surface area contributed by atoms with Crippen LogP contribution in [-0.2, 0) is 16.4 Å². The van der Waals surface area contributed by atoms with Crippen LogP contribution in [0.2, 0.25) is 5.02 Å². The summed E-state index contributed by atoms with van der Waals surface area (Å²) in [6.45, 7) is 0.248. The second-order valence-electron chi connectivity index (χ2n) is 4.78. The molecule has 0 saturated carbocycles. The van der Waals surface area contributed by atoms with Crippen molar-refractivity contribution < 1.29 is 17.9 Å². The average Bonchev–Trinajstić information content (AvgIpc) is 2.55. The first kappa shape index (κ1) is 17.6. The fourth-order valence-electron chi connectivity index (χ4n) is 2.10. The topological polar surface area (TPSA) is 64.6 Å². The van der Waals surface area contributed by atoms with Crippen molar-refractivity contribution in [2.75, 3.05) is 20.8 Å². The van der Waals surface area contributed by atoms with E-state index in [2.05, 4.69) is 4.72 Å². The Bertz CT molecular complexity index is 777. The Morgan fingerprint density at radius 3 is 2.52 bits per heavy atom. The molecule has 7 heteroatoms. The van der Waals surface area contributed by atoms with E-state index in [4.69, 9.17) is 21.1 Å². The van der Waals surface area contributed by atoms with E-state index in [0.29, 0.717) is 22.9 Å². The van der Waals surface area contributed by atoms with Gasteiger partial charge >= 0.3 is 0 Å². The summed E-state index contributed by atoms with van der Waals surface area (Å²) in [4.78, 5) is 0.145. The van der Waals surface area contributed by atoms with Gasteiger partial charge in [-0.05, 0) is 36.2 Å². The van der Waals surface area contributed by atoms with E-state index in [1.165, 1.54) is 12.1 Å². The molecule has 0 aliphatic carbocycles. The van der Waals surface area contributed by atoms with Crippen molar-refractivity contribution in [2.24, 2.45) is 0 Å². The van der Waals surface area contributed by atoms with Crippen LogP contribution in [0.15, 0.2) is 47.4 Å². The largest absolute Gasteiger partial charge is 0.497 e. The molecule has 0 bridgehead atoms. The molecule has 0 radical (unpaired) electrons. The molecule has 2 aromatic carbocycles. The maximum atomic E-state index is 12.2. The van der Waals surface area contributed by atoms with E-state index < -0.39 is 10.0 Å². The van der Waals surface area contributed by atoms with Gasteiger partial charge in [0.15, 0.2) is 0 Å². The van der Waals surface area contributed by atoms with Gasteiger partial charge in [-0.15, -0.1) is 0 Å². The van der Waals surface area contributed by atoms with Crippen molar-refractivity contribution in [1.82, 2.24) is 4.72 Å². The molecule has 5 nitrogen and oxygen atoms in total. The molecule has 0 amide bonds. The quantitative estimate of drug-likeness (QED) is 0.829. The fraction of sp³-hybridized carbons (Fsp3) is 0.250. The molecule has 1 N–H and O–H groups in total. The molecule has 0 atom stereocenters. The lowest BCUT2D eigenvalue weighted by molar-refractivity contribution is 0.391. The van der Waals surface area contributed by atoms with Gasteiger partial charge in [-0.25, -0.2) is 13.1 Å². The predicted molar refractivity (Wildman–Crippen MR) is 89.9 cm³/mol. The van der Waals surface area contributed by atoms with Gasteiger partial charge in [0.2, 0.25) is 10.0 Å². The third-order valence-corrected chi connectivity index (χ3v) is 4.98. The van der Waals surface area contributed by atoms with E-state index in [9.17, 15) is 8.42 Å². The van der Waals surface area contributed by atoms with Gasteiger partial charge in [0.25, 0.3) is 0 Å². The van der Waals surface area contributed by atoms with Gasteiger partial charge < -0.3 is 9.47 Å². The van der Waals surface area contributed by atoms with Crippen LogP contribution in [0.25, 0.3) is 0 Å². The zero-order valence-corrected chi connectivity index (χ0v) is 14.4. The standard InChI is InChI=1S/C16H18ClNO4S/c1-21-14-7-6-12(16(11-14)22-2)8-9-18-23(19,20)15-5-3-4-13(17)10-15/h3-7,10-11,18H,8-9H2,1-2H3. The highest BCUT2D eigenvalue weighted by Crippen LogP contribution is 2.24. The highest BCUT2D eigenvalue weighted by molar-refractivity contribution is 7.89. The lowest BCUT2D eigenvalue weighted by Gasteiger charge is -2.11. The molecule has 0 heterocycles. The third-order valence-electron chi connectivity index (χ3n) is 3.29. The summed E-state index contributed by atoms with van der Waals surface area (Å²) >= 11 is 5.83. The Morgan fingerprint density at radius 1 is 1.09 bits per heavy atom. The van der Waals surface area contributed by atoms with E-state index in [1.54, 1.807) is 32.4 Å². The molecule has 0 unspecified atom stereocenters. The number of hydrogen-bond donors (Lipinski definition) is 1. The Hall–Kier alpha value is -1.76. The number of hydrogen-bond acceptors (Lipinski definition) is 4. The van der Waals surface area contributed by atoms with Crippen molar-refractivity contribution in [3.05, 3.63) is 53.1 Å². The van der Waals surface area contributed by atoms with Crippen LogP contribution in [0, 0.1) is 0 Å². The minimum absolute atomic E-state index is 0.145. The molecule has 124 valence electrons. The Kier molecular flexibility index (Phi) is 5.87. The van der Waals surface area contributed by atoms with Gasteiger partial charge in [0, 0.05) is 17.6 Å². The van der Waals surface area contributed by atoms with Gasteiger partial charge in [-0.3, -0.25) is 0 Å². The molecular weight excluding hydrogens is 338 g/mol. The van der Waals surface area contributed by atoms with Crippen LogP contribution in [0.4, 0.5) is 0 Å². The maximum Gasteiger partial charge on any atom is 0.240 e. The highest BCUT2D eigenvalue weighted by Gasteiger charge is 2.14. The summed E-state index contributed by atoms with van der Waals surface area (Å²) in [5.41, 5.74) is 0.891. The second-order valence-corrected chi connectivity index (χ2v) is 6.99. The SMILES string of the molecule is COc1ccc(CCNS(=O)(=O)c2cccc(Cl)c2)c(OC)c1. The summed E-state index contributed by atoms with van der Waals surface area (Å²) in [5.74, 6) is 1.34. The Balaban J connectivity index is 2.04. The van der Waals surface area contributed by atoms with Crippen LogP contribution in [-0.4, -0.2) is 29.2 Å². The molecule has 2 aromatic rings. The molecule has 23 heavy (non-hydrogen) atoms. The van der Waals surface area contributed by atoms with Gasteiger partial charge in [-0.1, -0.05) is 23.7 Å². The van der Waals surface area contributed by atoms with Crippen molar-refractivity contribution in [1.29, 1.82) is 0 Å². The van der Waals surface area contributed by atoms with Crippen LogP contribution >= 0.6 is 11.6 Å². The zero-order chi connectivity index (χ0) is 16.9. The number of benzene rings is 2. The smallest absolute Gasteiger partial charge is 0.240 e. The van der Waals surface area contributed by atoms with Crippen LogP contribution in [0.3, 0.4) is 0 Å². The van der Waals surface area contributed by atoms with Crippen molar-refractivity contribution in [3.8, 4) is 11.5 Å². The molecule has 0 aromatic heterocycles. The fourth-order valence-corrected chi connectivity index (χ4v) is 3.43. The van der Waals surface area contributed by atoms with Crippen molar-refractivity contribution >= 4 is 21.6 Å². The molecule has 0 aliphatic rings. The summed E-state index contributed by atoms with van der Waals surface area (Å²) in [6.07, 6.45) is 0.493. The number of rotatable bonds is 7. The van der Waals surface area contributed by atoms with Gasteiger partial charge in [-0.2, -0.15) is 0 Å². The number of ether oxygens (including phenoxy) is 2. The molecule has 0 fully saturated rings. The second kappa shape index (κ2) is 7.68. The molecule has 0 saturated heterocycles. The minimum Gasteiger partial charge on any atom is -0.497 e. The van der Waals surface area contributed by atoms with Crippen molar-refractivity contribution in [2.45, 2.75) is 11.3 Å². The Labute approximate surface area is 141 Å². The number of sulfonamides is 1. The summed E-state index contributed by atoms with van der Waals surface area (Å²) in [6, 6.07) is 11.6. The van der Waals surface area contributed by atoms with E-state index >= 15 is 0 Å². The van der Waals surface area contributed by atoms with Gasteiger partial charge in [0.05, 0.1) is 19.1 Å². The van der Waals surface area contributed by atoms with E-state index in [0.717, 1.165) is 5.56 Å². The first-order valence-electron chi connectivity index (χ1n) is 6.92. The third kappa shape index (κ3) is 4.60. The van der Waals surface area contributed by atoms with Crippen LogP contribution in [0.5, 0.6) is 11.5 Å². The average molecular weight is 356 g/mol. The summed E-state index contributed by atoms with van der Waals surface area (Å²) in [5, 5.41) is 0.379. The molecule has 0 aliphatic heterocycles. The minimum atomic E-state index is -3.59. The first-order chi connectivity index (χ1) is 11.0. The predicted octanol–water partition coefficient (Wildman–Crippen LogP) is 2.88. The zero-order valence-electron chi connectivity index (χ0n) is 12.9. The van der Waals surface area contributed by atoms with Crippen LogP contribution in [0.1, 0.15) is 5.56 Å². The number of methoxy groups -OCH3 is 2. The number of halogens is 1. The van der Waals surface area contributed by atoms with E-state index in [-0.39, 0.29) is 11.4 Å².